The Labute approximate surface area is 124 Å². The van der Waals surface area contributed by atoms with Crippen molar-refractivity contribution in [2.75, 3.05) is 6.61 Å². The topological polar surface area (TPSA) is 32.3 Å². The highest BCUT2D eigenvalue weighted by Gasteiger charge is 2.13. The van der Waals surface area contributed by atoms with E-state index in [-0.39, 0.29) is 12.6 Å². The Balaban J connectivity index is 2.08. The number of halogens is 2. The van der Waals surface area contributed by atoms with Crippen molar-refractivity contribution in [3.05, 3.63) is 55.6 Å². The fourth-order valence-electron chi connectivity index (χ4n) is 1.69. The molecule has 2 rings (SSSR count). The molecule has 0 amide bonds. The van der Waals surface area contributed by atoms with Crippen LogP contribution in [0.5, 0.6) is 0 Å². The monoisotopic (exact) mass is 345 g/mol. The highest BCUT2D eigenvalue weighted by molar-refractivity contribution is 9.10. The SMILES string of the molecule is OCC(NCc1cccs1)c1ccc(Cl)cc1Br. The summed E-state index contributed by atoms with van der Waals surface area (Å²) in [6, 6.07) is 9.59. The van der Waals surface area contributed by atoms with Crippen molar-refractivity contribution in [1.29, 1.82) is 0 Å². The van der Waals surface area contributed by atoms with E-state index in [4.69, 9.17) is 11.6 Å². The molecule has 0 aliphatic carbocycles. The number of rotatable bonds is 5. The van der Waals surface area contributed by atoms with Crippen LogP contribution in [0.1, 0.15) is 16.5 Å². The van der Waals surface area contributed by atoms with Crippen LogP contribution >= 0.6 is 38.9 Å². The Morgan fingerprint density at radius 1 is 1.39 bits per heavy atom. The summed E-state index contributed by atoms with van der Waals surface area (Å²) < 4.78 is 0.910. The summed E-state index contributed by atoms with van der Waals surface area (Å²) in [6.45, 7) is 0.795. The molecule has 0 radical (unpaired) electrons. The lowest BCUT2D eigenvalue weighted by atomic mass is 10.1. The van der Waals surface area contributed by atoms with E-state index >= 15 is 0 Å². The van der Waals surface area contributed by atoms with Crippen molar-refractivity contribution in [2.45, 2.75) is 12.6 Å². The fourth-order valence-corrected chi connectivity index (χ4v) is 3.31. The average molecular weight is 347 g/mol. The van der Waals surface area contributed by atoms with Crippen molar-refractivity contribution in [3.8, 4) is 0 Å². The molecule has 1 heterocycles. The second kappa shape index (κ2) is 6.68. The molecular weight excluding hydrogens is 334 g/mol. The molecule has 0 bridgehead atoms. The van der Waals surface area contributed by atoms with Crippen LogP contribution in [0.3, 0.4) is 0 Å². The van der Waals surface area contributed by atoms with Gasteiger partial charge in [0.2, 0.25) is 0 Å². The lowest BCUT2D eigenvalue weighted by Gasteiger charge is -2.18. The van der Waals surface area contributed by atoms with Gasteiger partial charge in [-0.25, -0.2) is 0 Å². The van der Waals surface area contributed by atoms with Gasteiger partial charge in [-0.15, -0.1) is 11.3 Å². The van der Waals surface area contributed by atoms with E-state index in [0.29, 0.717) is 5.02 Å². The molecule has 1 unspecified atom stereocenters. The second-order valence-electron chi connectivity index (χ2n) is 3.86. The first kappa shape index (κ1) is 14.0. The summed E-state index contributed by atoms with van der Waals surface area (Å²) in [5.74, 6) is 0. The molecule has 2 nitrogen and oxygen atoms in total. The van der Waals surface area contributed by atoms with Gasteiger partial charge in [-0.2, -0.15) is 0 Å². The third kappa shape index (κ3) is 3.56. The highest BCUT2D eigenvalue weighted by atomic mass is 79.9. The predicted octanol–water partition coefficient (Wildman–Crippen LogP) is 3.99. The number of hydrogen-bond donors (Lipinski definition) is 2. The molecule has 1 aromatic heterocycles. The molecule has 5 heteroatoms. The molecule has 2 N–H and O–H groups in total. The zero-order chi connectivity index (χ0) is 13.0. The van der Waals surface area contributed by atoms with Gasteiger partial charge in [-0.05, 0) is 29.1 Å². The van der Waals surface area contributed by atoms with Gasteiger partial charge < -0.3 is 10.4 Å². The smallest absolute Gasteiger partial charge is 0.0627 e. The van der Waals surface area contributed by atoms with Crippen LogP contribution in [0.25, 0.3) is 0 Å². The molecule has 2 aromatic rings. The molecule has 0 aliphatic heterocycles. The molecular formula is C13H13BrClNOS. The lowest BCUT2D eigenvalue weighted by molar-refractivity contribution is 0.243. The van der Waals surface area contributed by atoms with Crippen LogP contribution in [0.4, 0.5) is 0 Å². The number of hydrogen-bond acceptors (Lipinski definition) is 3. The van der Waals surface area contributed by atoms with Gasteiger partial charge in [-0.3, -0.25) is 0 Å². The van der Waals surface area contributed by atoms with Crippen LogP contribution in [0.15, 0.2) is 40.2 Å². The first-order chi connectivity index (χ1) is 8.70. The first-order valence-corrected chi connectivity index (χ1v) is 7.57. The van der Waals surface area contributed by atoms with Gasteiger partial charge in [0, 0.05) is 20.9 Å². The van der Waals surface area contributed by atoms with Gasteiger partial charge in [0.1, 0.15) is 0 Å². The maximum Gasteiger partial charge on any atom is 0.0627 e. The number of aliphatic hydroxyl groups is 1. The number of benzene rings is 1. The van der Waals surface area contributed by atoms with Crippen LogP contribution < -0.4 is 5.32 Å². The second-order valence-corrected chi connectivity index (χ2v) is 6.18. The summed E-state index contributed by atoms with van der Waals surface area (Å²) in [6.07, 6.45) is 0. The van der Waals surface area contributed by atoms with Crippen molar-refractivity contribution < 1.29 is 5.11 Å². The zero-order valence-corrected chi connectivity index (χ0v) is 12.7. The quantitative estimate of drug-likeness (QED) is 0.858. The van der Waals surface area contributed by atoms with E-state index in [0.717, 1.165) is 16.6 Å². The van der Waals surface area contributed by atoms with Gasteiger partial charge in [-0.1, -0.05) is 39.7 Å². The van der Waals surface area contributed by atoms with E-state index in [1.807, 2.05) is 29.6 Å². The Morgan fingerprint density at radius 2 is 2.22 bits per heavy atom. The lowest BCUT2D eigenvalue weighted by Crippen LogP contribution is -2.23. The molecule has 0 saturated heterocycles. The minimum atomic E-state index is -0.0984. The third-order valence-corrected chi connectivity index (χ3v) is 4.42. The van der Waals surface area contributed by atoms with E-state index in [2.05, 4.69) is 27.3 Å². The Morgan fingerprint density at radius 3 is 2.83 bits per heavy atom. The predicted molar refractivity (Wildman–Crippen MR) is 80.1 cm³/mol. The largest absolute Gasteiger partial charge is 0.394 e. The Kier molecular flexibility index (Phi) is 5.21. The first-order valence-electron chi connectivity index (χ1n) is 5.52. The Hall–Kier alpha value is -0.390. The molecule has 0 fully saturated rings. The van der Waals surface area contributed by atoms with E-state index in [1.165, 1.54) is 4.88 Å². The molecule has 0 saturated carbocycles. The minimum Gasteiger partial charge on any atom is -0.394 e. The van der Waals surface area contributed by atoms with Crippen LogP contribution in [-0.2, 0) is 6.54 Å². The summed E-state index contributed by atoms with van der Waals surface area (Å²) in [5, 5.41) is 15.6. The van der Waals surface area contributed by atoms with Crippen LogP contribution in [-0.4, -0.2) is 11.7 Å². The van der Waals surface area contributed by atoms with E-state index in [1.54, 1.807) is 11.3 Å². The van der Waals surface area contributed by atoms with Gasteiger partial charge >= 0.3 is 0 Å². The van der Waals surface area contributed by atoms with Crippen LogP contribution in [0.2, 0.25) is 5.02 Å². The zero-order valence-electron chi connectivity index (χ0n) is 9.57. The molecule has 96 valence electrons. The molecule has 1 aromatic carbocycles. The molecule has 18 heavy (non-hydrogen) atoms. The van der Waals surface area contributed by atoms with Crippen molar-refractivity contribution >= 4 is 38.9 Å². The van der Waals surface area contributed by atoms with Crippen molar-refractivity contribution in [2.24, 2.45) is 0 Å². The summed E-state index contributed by atoms with van der Waals surface area (Å²) in [5.41, 5.74) is 1.01. The van der Waals surface area contributed by atoms with E-state index in [9.17, 15) is 5.11 Å². The third-order valence-electron chi connectivity index (χ3n) is 2.62. The summed E-state index contributed by atoms with van der Waals surface area (Å²) in [7, 11) is 0. The maximum atomic E-state index is 9.49. The standard InChI is InChI=1S/C13H13BrClNOS/c14-12-6-9(15)3-4-11(12)13(8-17)16-7-10-2-1-5-18-10/h1-6,13,16-17H,7-8H2. The maximum absolute atomic E-state index is 9.49. The minimum absolute atomic E-state index is 0.0472. The summed E-state index contributed by atoms with van der Waals surface area (Å²) >= 11 is 11.1. The molecule has 0 spiro atoms. The number of aliphatic hydroxyl groups excluding tert-OH is 1. The van der Waals surface area contributed by atoms with Crippen LogP contribution in [0, 0.1) is 0 Å². The Bertz CT molecular complexity index is 504. The van der Waals surface area contributed by atoms with Crippen molar-refractivity contribution in [3.63, 3.8) is 0 Å². The number of thiophene rings is 1. The average Bonchev–Trinajstić information content (AvgIpc) is 2.85. The van der Waals surface area contributed by atoms with Gasteiger partial charge in [0.15, 0.2) is 0 Å². The fraction of sp³-hybridized carbons (Fsp3) is 0.231. The molecule has 0 aliphatic rings. The highest BCUT2D eigenvalue weighted by Crippen LogP contribution is 2.27. The van der Waals surface area contributed by atoms with E-state index < -0.39 is 0 Å². The molecule has 1 atom stereocenters. The normalized spacial score (nSPS) is 12.6. The van der Waals surface area contributed by atoms with Gasteiger partial charge in [0.05, 0.1) is 12.6 Å². The summed E-state index contributed by atoms with van der Waals surface area (Å²) in [4.78, 5) is 1.25. The number of nitrogens with one attached hydrogen (secondary N) is 1. The van der Waals surface area contributed by atoms with Gasteiger partial charge in [0.25, 0.3) is 0 Å². The van der Waals surface area contributed by atoms with Crippen molar-refractivity contribution in [1.82, 2.24) is 5.32 Å².